The summed E-state index contributed by atoms with van der Waals surface area (Å²) >= 11 is 6.90. The van der Waals surface area contributed by atoms with Crippen LogP contribution in [0.5, 0.6) is 5.75 Å². The van der Waals surface area contributed by atoms with Crippen LogP contribution in [0.3, 0.4) is 0 Å². The predicted octanol–water partition coefficient (Wildman–Crippen LogP) is 3.08. The maximum Gasteiger partial charge on any atom is 0.233 e. The number of carbonyl (C=O) groups is 1. The first-order valence-corrected chi connectivity index (χ1v) is 8.02. The molecule has 0 radical (unpaired) electrons. The van der Waals surface area contributed by atoms with Crippen LogP contribution >= 0.6 is 31.9 Å². The molecule has 0 saturated carbocycles. The van der Waals surface area contributed by atoms with Gasteiger partial charge in [-0.05, 0) is 34.0 Å². The van der Waals surface area contributed by atoms with E-state index >= 15 is 0 Å². The Labute approximate surface area is 136 Å². The Balaban J connectivity index is 2.51. The Morgan fingerprint density at radius 3 is 2.65 bits per heavy atom. The number of halogens is 2. The molecule has 0 heterocycles. The van der Waals surface area contributed by atoms with Crippen LogP contribution in [-0.2, 0) is 11.3 Å². The average molecular weight is 408 g/mol. The zero-order chi connectivity index (χ0) is 15.1. The summed E-state index contributed by atoms with van der Waals surface area (Å²) in [5, 5.41) is 5.99. The summed E-state index contributed by atoms with van der Waals surface area (Å²) in [5.41, 5.74) is 0.991. The summed E-state index contributed by atoms with van der Waals surface area (Å²) in [5.74, 6) is 1.25. The Hall–Kier alpha value is -0.590. The third-order valence-electron chi connectivity index (χ3n) is 2.60. The Bertz CT molecular complexity index is 465. The fraction of sp³-hybridized carbons (Fsp3) is 0.500. The molecule has 2 N–H and O–H groups in total. The molecular formula is C14H20Br2N2O2. The van der Waals surface area contributed by atoms with E-state index in [0.717, 1.165) is 20.3 Å². The molecule has 0 aliphatic carbocycles. The third-order valence-corrected chi connectivity index (χ3v) is 3.64. The number of nitrogens with one attached hydrogen (secondary N) is 2. The van der Waals surface area contributed by atoms with Crippen LogP contribution < -0.4 is 15.4 Å². The Kier molecular flexibility index (Phi) is 7.55. The van der Waals surface area contributed by atoms with Crippen molar-refractivity contribution in [3.05, 3.63) is 26.6 Å². The van der Waals surface area contributed by atoms with Crippen molar-refractivity contribution >= 4 is 37.8 Å². The number of hydrogen-bond acceptors (Lipinski definition) is 3. The minimum atomic E-state index is 0.00623. The van der Waals surface area contributed by atoms with Crippen LogP contribution in [0.1, 0.15) is 19.4 Å². The second kappa shape index (κ2) is 8.64. The fourth-order valence-electron chi connectivity index (χ4n) is 1.66. The lowest BCUT2D eigenvalue weighted by atomic mass is 10.2. The summed E-state index contributed by atoms with van der Waals surface area (Å²) in [6, 6.07) is 3.90. The van der Waals surface area contributed by atoms with E-state index in [1.54, 1.807) is 7.11 Å². The van der Waals surface area contributed by atoms with Gasteiger partial charge in [-0.25, -0.2) is 0 Å². The summed E-state index contributed by atoms with van der Waals surface area (Å²) in [6.07, 6.45) is 0. The van der Waals surface area contributed by atoms with Crippen LogP contribution in [0.15, 0.2) is 21.1 Å². The van der Waals surface area contributed by atoms with Crippen molar-refractivity contribution in [2.24, 2.45) is 5.92 Å². The molecule has 0 aliphatic rings. The zero-order valence-corrected chi connectivity index (χ0v) is 15.1. The van der Waals surface area contributed by atoms with Gasteiger partial charge in [-0.2, -0.15) is 0 Å². The second-order valence-corrected chi connectivity index (χ2v) is 6.65. The van der Waals surface area contributed by atoms with Gasteiger partial charge in [-0.3, -0.25) is 4.79 Å². The summed E-state index contributed by atoms with van der Waals surface area (Å²) < 4.78 is 7.21. The molecule has 0 saturated heterocycles. The van der Waals surface area contributed by atoms with Crippen molar-refractivity contribution in [3.8, 4) is 5.75 Å². The SMILES string of the molecule is COc1c(Br)cc(Br)cc1CNCC(=O)NCC(C)C. The molecule has 1 rings (SSSR count). The van der Waals surface area contributed by atoms with Gasteiger partial charge in [-0.1, -0.05) is 29.8 Å². The van der Waals surface area contributed by atoms with E-state index in [1.807, 2.05) is 12.1 Å². The molecule has 1 amide bonds. The first-order chi connectivity index (χ1) is 9.43. The van der Waals surface area contributed by atoms with Crippen molar-refractivity contribution in [2.75, 3.05) is 20.2 Å². The number of rotatable bonds is 7. The lowest BCUT2D eigenvalue weighted by molar-refractivity contribution is -0.120. The van der Waals surface area contributed by atoms with E-state index in [0.29, 0.717) is 25.6 Å². The maximum absolute atomic E-state index is 11.6. The van der Waals surface area contributed by atoms with Gasteiger partial charge >= 0.3 is 0 Å². The Morgan fingerprint density at radius 2 is 2.05 bits per heavy atom. The normalized spacial score (nSPS) is 10.7. The molecule has 0 aliphatic heterocycles. The zero-order valence-electron chi connectivity index (χ0n) is 11.9. The quantitative estimate of drug-likeness (QED) is 0.730. The number of carbonyl (C=O) groups excluding carboxylic acids is 1. The highest BCUT2D eigenvalue weighted by Crippen LogP contribution is 2.32. The molecule has 4 nitrogen and oxygen atoms in total. The third kappa shape index (κ3) is 5.81. The van der Waals surface area contributed by atoms with E-state index in [1.165, 1.54) is 0 Å². The van der Waals surface area contributed by atoms with Gasteiger partial charge in [0.15, 0.2) is 0 Å². The van der Waals surface area contributed by atoms with Crippen molar-refractivity contribution in [2.45, 2.75) is 20.4 Å². The van der Waals surface area contributed by atoms with E-state index in [9.17, 15) is 4.79 Å². The van der Waals surface area contributed by atoms with Gasteiger partial charge in [0.25, 0.3) is 0 Å². The van der Waals surface area contributed by atoms with E-state index in [-0.39, 0.29) is 5.91 Å². The van der Waals surface area contributed by atoms with Gasteiger partial charge in [0.2, 0.25) is 5.91 Å². The average Bonchev–Trinajstić information content (AvgIpc) is 2.36. The van der Waals surface area contributed by atoms with Gasteiger partial charge in [0.1, 0.15) is 5.75 Å². The van der Waals surface area contributed by atoms with Crippen molar-refractivity contribution in [3.63, 3.8) is 0 Å². The van der Waals surface area contributed by atoms with Crippen molar-refractivity contribution in [1.29, 1.82) is 0 Å². The maximum atomic E-state index is 11.6. The minimum absolute atomic E-state index is 0.00623. The molecule has 0 bridgehead atoms. The lowest BCUT2D eigenvalue weighted by Crippen LogP contribution is -2.35. The lowest BCUT2D eigenvalue weighted by Gasteiger charge is -2.12. The molecule has 0 aromatic heterocycles. The van der Waals surface area contributed by atoms with Crippen LogP contribution in [0, 0.1) is 5.92 Å². The second-order valence-electron chi connectivity index (χ2n) is 4.88. The van der Waals surface area contributed by atoms with Crippen molar-refractivity contribution < 1.29 is 9.53 Å². The van der Waals surface area contributed by atoms with Gasteiger partial charge in [-0.15, -0.1) is 0 Å². The number of amides is 1. The van der Waals surface area contributed by atoms with E-state index in [4.69, 9.17) is 4.74 Å². The Morgan fingerprint density at radius 1 is 1.35 bits per heavy atom. The standard InChI is InChI=1S/C14H20Br2N2O2/c1-9(2)6-18-13(19)8-17-7-10-4-11(15)5-12(16)14(10)20-3/h4-5,9,17H,6-8H2,1-3H3,(H,18,19). The smallest absolute Gasteiger partial charge is 0.233 e. The topological polar surface area (TPSA) is 50.4 Å². The monoisotopic (exact) mass is 406 g/mol. The number of ether oxygens (including phenoxy) is 1. The fourth-order valence-corrected chi connectivity index (χ4v) is 3.14. The molecule has 1 aromatic carbocycles. The molecule has 20 heavy (non-hydrogen) atoms. The number of methoxy groups -OCH3 is 1. The molecule has 0 unspecified atom stereocenters. The molecule has 0 fully saturated rings. The molecule has 0 atom stereocenters. The highest BCUT2D eigenvalue weighted by Gasteiger charge is 2.09. The minimum Gasteiger partial charge on any atom is -0.495 e. The molecular weight excluding hydrogens is 388 g/mol. The van der Waals surface area contributed by atoms with Crippen LogP contribution in [-0.4, -0.2) is 26.1 Å². The van der Waals surface area contributed by atoms with Crippen LogP contribution in [0.2, 0.25) is 0 Å². The molecule has 0 spiro atoms. The van der Waals surface area contributed by atoms with E-state index < -0.39 is 0 Å². The summed E-state index contributed by atoms with van der Waals surface area (Å²) in [6.45, 7) is 5.69. The van der Waals surface area contributed by atoms with Crippen molar-refractivity contribution in [1.82, 2.24) is 10.6 Å². The largest absolute Gasteiger partial charge is 0.495 e. The molecule has 112 valence electrons. The summed E-state index contributed by atoms with van der Waals surface area (Å²) in [7, 11) is 1.63. The van der Waals surface area contributed by atoms with Gasteiger partial charge in [0, 0.05) is 23.1 Å². The van der Waals surface area contributed by atoms with Gasteiger partial charge < -0.3 is 15.4 Å². The van der Waals surface area contributed by atoms with Gasteiger partial charge in [0.05, 0.1) is 18.1 Å². The number of benzene rings is 1. The van der Waals surface area contributed by atoms with Crippen LogP contribution in [0.25, 0.3) is 0 Å². The van der Waals surface area contributed by atoms with Crippen LogP contribution in [0.4, 0.5) is 0 Å². The molecule has 1 aromatic rings. The number of hydrogen-bond donors (Lipinski definition) is 2. The molecule has 6 heteroatoms. The highest BCUT2D eigenvalue weighted by molar-refractivity contribution is 9.11. The first kappa shape index (κ1) is 17.5. The van der Waals surface area contributed by atoms with E-state index in [2.05, 4.69) is 56.3 Å². The summed E-state index contributed by atoms with van der Waals surface area (Å²) in [4.78, 5) is 11.6. The first-order valence-electron chi connectivity index (χ1n) is 6.43. The highest BCUT2D eigenvalue weighted by atomic mass is 79.9. The predicted molar refractivity (Wildman–Crippen MR) is 87.9 cm³/mol.